The highest BCUT2D eigenvalue weighted by atomic mass is 16.5. The zero-order valence-corrected chi connectivity index (χ0v) is 21.1. The van der Waals surface area contributed by atoms with Gasteiger partial charge in [0.25, 0.3) is 5.56 Å². The van der Waals surface area contributed by atoms with Crippen LogP contribution in [0.5, 0.6) is 5.75 Å². The van der Waals surface area contributed by atoms with Crippen molar-refractivity contribution in [1.82, 2.24) is 18.7 Å². The molecule has 0 amide bonds. The normalized spacial score (nSPS) is 15.0. The Morgan fingerprint density at radius 2 is 1.78 bits per heavy atom. The molecule has 1 atom stereocenters. The molecule has 1 unspecified atom stereocenters. The fraction of sp³-hybridized carbons (Fsp3) is 0.333. The number of imidazole rings is 1. The van der Waals surface area contributed by atoms with Crippen molar-refractivity contribution >= 4 is 28.8 Å². The predicted molar refractivity (Wildman–Crippen MR) is 139 cm³/mol. The Kier molecular flexibility index (Phi) is 6.56. The number of hydrogen-bond donors (Lipinski definition) is 0. The van der Waals surface area contributed by atoms with Gasteiger partial charge in [0, 0.05) is 25.8 Å². The number of ether oxygens (including phenoxy) is 2. The largest absolute Gasteiger partial charge is 0.494 e. The van der Waals surface area contributed by atoms with Gasteiger partial charge in [-0.3, -0.25) is 14.2 Å². The number of carbonyl (C=O) groups is 1. The van der Waals surface area contributed by atoms with Crippen molar-refractivity contribution in [3.8, 4) is 5.75 Å². The quantitative estimate of drug-likeness (QED) is 0.358. The minimum Gasteiger partial charge on any atom is -0.494 e. The molecule has 4 aromatic rings. The van der Waals surface area contributed by atoms with Crippen LogP contribution in [0.15, 0.2) is 64.2 Å². The lowest BCUT2D eigenvalue weighted by Crippen LogP contribution is -2.42. The maximum Gasteiger partial charge on any atom is 0.333 e. The number of fused-ring (bicyclic) bond motifs is 3. The van der Waals surface area contributed by atoms with Crippen LogP contribution in [0.2, 0.25) is 0 Å². The molecule has 2 aromatic carbocycles. The standard InChI is InChI=1S/C27H29N5O5/c1-4-36-21-12-10-20(11-13-21)30-14-18(2)15-31-23-24(28-26(30)31)29(3)27(35)32(25(23)34)16-22(33)37-17-19-8-6-5-7-9-19/h5-13,18H,4,14-17H2,1-3H3. The molecule has 10 nitrogen and oxygen atoms in total. The summed E-state index contributed by atoms with van der Waals surface area (Å²) in [6, 6.07) is 16.9. The molecular formula is C27H29N5O5. The minimum absolute atomic E-state index is 0.0631. The number of nitrogens with zero attached hydrogens (tertiary/aromatic N) is 5. The molecule has 192 valence electrons. The Hall–Kier alpha value is -4.34. The topological polar surface area (TPSA) is 101 Å². The van der Waals surface area contributed by atoms with Gasteiger partial charge in [-0.1, -0.05) is 37.3 Å². The molecule has 0 bridgehead atoms. The molecule has 0 radical (unpaired) electrons. The Bertz CT molecular complexity index is 1550. The molecule has 2 aromatic heterocycles. The van der Waals surface area contributed by atoms with Gasteiger partial charge in [0.05, 0.1) is 6.61 Å². The molecule has 0 saturated heterocycles. The molecule has 0 spiro atoms. The van der Waals surface area contributed by atoms with Crippen LogP contribution in [0.3, 0.4) is 0 Å². The highest BCUT2D eigenvalue weighted by Gasteiger charge is 2.30. The van der Waals surface area contributed by atoms with Crippen LogP contribution in [-0.4, -0.2) is 37.8 Å². The number of carbonyl (C=O) groups excluding carboxylic acids is 1. The van der Waals surface area contributed by atoms with Gasteiger partial charge >= 0.3 is 11.7 Å². The van der Waals surface area contributed by atoms with Crippen molar-refractivity contribution in [2.24, 2.45) is 13.0 Å². The summed E-state index contributed by atoms with van der Waals surface area (Å²) >= 11 is 0. The summed E-state index contributed by atoms with van der Waals surface area (Å²) in [5.41, 5.74) is 1.11. The van der Waals surface area contributed by atoms with Gasteiger partial charge in [-0.2, -0.15) is 4.98 Å². The Balaban J connectivity index is 1.51. The van der Waals surface area contributed by atoms with Crippen molar-refractivity contribution in [2.45, 2.75) is 33.5 Å². The Morgan fingerprint density at radius 1 is 1.05 bits per heavy atom. The summed E-state index contributed by atoms with van der Waals surface area (Å²) in [5.74, 6) is 0.894. The molecule has 0 aliphatic carbocycles. The fourth-order valence-corrected chi connectivity index (χ4v) is 4.66. The molecule has 3 heterocycles. The van der Waals surface area contributed by atoms with E-state index in [0.29, 0.717) is 25.6 Å². The SMILES string of the molecule is CCOc1ccc(N2CC(C)Cn3c2nc2c3c(=O)n(CC(=O)OCc3ccccc3)c(=O)n2C)cc1. The zero-order chi connectivity index (χ0) is 26.1. The average Bonchev–Trinajstić information content (AvgIpc) is 3.29. The predicted octanol–water partition coefficient (Wildman–Crippen LogP) is 2.83. The van der Waals surface area contributed by atoms with Crippen LogP contribution >= 0.6 is 0 Å². The molecule has 0 N–H and O–H groups in total. The minimum atomic E-state index is -0.662. The number of benzene rings is 2. The Labute approximate surface area is 213 Å². The fourth-order valence-electron chi connectivity index (χ4n) is 4.66. The lowest BCUT2D eigenvalue weighted by Gasteiger charge is -2.33. The molecule has 1 aliphatic heterocycles. The van der Waals surface area contributed by atoms with Gasteiger partial charge in [0.1, 0.15) is 18.9 Å². The second kappa shape index (κ2) is 9.96. The lowest BCUT2D eigenvalue weighted by atomic mass is 10.1. The molecule has 5 rings (SSSR count). The van der Waals surface area contributed by atoms with E-state index in [9.17, 15) is 14.4 Å². The second-order valence-corrected chi connectivity index (χ2v) is 9.22. The molecule has 37 heavy (non-hydrogen) atoms. The van der Waals surface area contributed by atoms with E-state index in [0.717, 1.165) is 21.6 Å². The van der Waals surface area contributed by atoms with E-state index in [4.69, 9.17) is 14.5 Å². The third kappa shape index (κ3) is 4.62. The number of anilines is 2. The molecule has 1 aliphatic rings. The highest BCUT2D eigenvalue weighted by molar-refractivity contribution is 5.77. The molecule has 10 heteroatoms. The maximum atomic E-state index is 13.6. The van der Waals surface area contributed by atoms with E-state index in [1.54, 1.807) is 7.05 Å². The van der Waals surface area contributed by atoms with Gasteiger partial charge in [0.2, 0.25) is 5.95 Å². The smallest absolute Gasteiger partial charge is 0.333 e. The van der Waals surface area contributed by atoms with Crippen molar-refractivity contribution in [3.63, 3.8) is 0 Å². The van der Waals surface area contributed by atoms with Gasteiger partial charge in [-0.25, -0.2) is 9.36 Å². The first kappa shape index (κ1) is 24.4. The Morgan fingerprint density at radius 3 is 2.49 bits per heavy atom. The zero-order valence-electron chi connectivity index (χ0n) is 21.1. The number of hydrogen-bond acceptors (Lipinski definition) is 7. The maximum absolute atomic E-state index is 13.6. The number of rotatable bonds is 7. The summed E-state index contributed by atoms with van der Waals surface area (Å²) < 4.78 is 15.0. The lowest BCUT2D eigenvalue weighted by molar-refractivity contribution is -0.145. The third-order valence-electron chi connectivity index (χ3n) is 6.43. The average molecular weight is 504 g/mol. The molecule has 0 saturated carbocycles. The van der Waals surface area contributed by atoms with Crippen LogP contribution in [-0.2, 0) is 36.3 Å². The summed E-state index contributed by atoms with van der Waals surface area (Å²) in [5, 5.41) is 0. The van der Waals surface area contributed by atoms with Crippen molar-refractivity contribution in [2.75, 3.05) is 18.1 Å². The van der Waals surface area contributed by atoms with E-state index in [1.165, 1.54) is 4.57 Å². The first-order chi connectivity index (χ1) is 17.9. The van der Waals surface area contributed by atoms with Gasteiger partial charge in [-0.05, 0) is 42.7 Å². The summed E-state index contributed by atoms with van der Waals surface area (Å²) in [6.45, 7) is 5.45. The number of aryl methyl sites for hydroxylation is 1. The summed E-state index contributed by atoms with van der Waals surface area (Å²) in [7, 11) is 1.56. The van der Waals surface area contributed by atoms with Crippen molar-refractivity contribution in [1.29, 1.82) is 0 Å². The van der Waals surface area contributed by atoms with Crippen molar-refractivity contribution < 1.29 is 14.3 Å². The van der Waals surface area contributed by atoms with Crippen LogP contribution in [0.25, 0.3) is 11.2 Å². The van der Waals surface area contributed by atoms with Gasteiger partial charge in [-0.15, -0.1) is 0 Å². The van der Waals surface area contributed by atoms with Gasteiger partial charge < -0.3 is 18.9 Å². The summed E-state index contributed by atoms with van der Waals surface area (Å²) in [4.78, 5) is 45.9. The first-order valence-corrected chi connectivity index (χ1v) is 12.3. The van der Waals surface area contributed by atoms with E-state index in [1.807, 2.05) is 71.0 Å². The van der Waals surface area contributed by atoms with E-state index >= 15 is 0 Å². The van der Waals surface area contributed by atoms with Gasteiger partial charge in [0.15, 0.2) is 11.2 Å². The second-order valence-electron chi connectivity index (χ2n) is 9.22. The van der Waals surface area contributed by atoms with Crippen LogP contribution in [0.1, 0.15) is 19.4 Å². The van der Waals surface area contributed by atoms with E-state index in [-0.39, 0.29) is 23.7 Å². The van der Waals surface area contributed by atoms with Crippen LogP contribution in [0, 0.1) is 5.92 Å². The third-order valence-corrected chi connectivity index (χ3v) is 6.43. The van der Waals surface area contributed by atoms with E-state index in [2.05, 4.69) is 6.92 Å². The number of esters is 1. The van der Waals surface area contributed by atoms with E-state index < -0.39 is 23.8 Å². The van der Waals surface area contributed by atoms with Crippen molar-refractivity contribution in [3.05, 3.63) is 81.0 Å². The monoisotopic (exact) mass is 503 g/mol. The number of aromatic nitrogens is 4. The highest BCUT2D eigenvalue weighted by Crippen LogP contribution is 2.33. The van der Waals surface area contributed by atoms with Crippen LogP contribution in [0.4, 0.5) is 11.6 Å². The summed E-state index contributed by atoms with van der Waals surface area (Å²) in [6.07, 6.45) is 0. The molecule has 0 fully saturated rings. The molecular weight excluding hydrogens is 474 g/mol. The first-order valence-electron chi connectivity index (χ1n) is 12.3. The van der Waals surface area contributed by atoms with Crippen LogP contribution < -0.4 is 20.9 Å².